The number of hydrogen-bond acceptors (Lipinski definition) is 4. The van der Waals surface area contributed by atoms with Crippen LogP contribution in [-0.4, -0.2) is 55.9 Å². The maximum atomic E-state index is 12.4. The van der Waals surface area contributed by atoms with Crippen molar-refractivity contribution >= 4 is 5.97 Å². The zero-order valence-electron chi connectivity index (χ0n) is 11.5. The van der Waals surface area contributed by atoms with Crippen molar-refractivity contribution in [2.24, 2.45) is 0 Å². The molecule has 0 aliphatic heterocycles. The summed E-state index contributed by atoms with van der Waals surface area (Å²) >= 11 is 0. The minimum Gasteiger partial charge on any atom is -0.468 e. The number of methoxy groups -OCH3 is 1. The van der Waals surface area contributed by atoms with Gasteiger partial charge >= 0.3 is 12.1 Å². The number of hydrogen-bond donors (Lipinski definition) is 1. The second kappa shape index (κ2) is 6.09. The van der Waals surface area contributed by atoms with Gasteiger partial charge in [0.2, 0.25) is 0 Å². The van der Waals surface area contributed by atoms with Crippen LogP contribution in [0, 0.1) is 0 Å². The average Bonchev–Trinajstić information content (AvgIpc) is 2.72. The molecular formula is C12H21F3N2O2. The normalized spacial score (nSPS) is 27.8. The SMILES string of the molecule is CCNC1(C(=O)OC)CCC(N(C)CC(F)(F)F)C1. The van der Waals surface area contributed by atoms with Crippen LogP contribution in [0.5, 0.6) is 0 Å². The van der Waals surface area contributed by atoms with E-state index in [-0.39, 0.29) is 6.04 Å². The van der Waals surface area contributed by atoms with E-state index < -0.39 is 24.2 Å². The second-order valence-corrected chi connectivity index (χ2v) is 5.03. The molecule has 2 unspecified atom stereocenters. The number of nitrogens with zero attached hydrogens (tertiary/aromatic N) is 1. The molecule has 1 fully saturated rings. The van der Waals surface area contributed by atoms with Crippen molar-refractivity contribution in [1.29, 1.82) is 0 Å². The van der Waals surface area contributed by atoms with E-state index in [9.17, 15) is 18.0 Å². The lowest BCUT2D eigenvalue weighted by molar-refractivity contribution is -0.150. The molecule has 112 valence electrons. The first-order valence-corrected chi connectivity index (χ1v) is 6.34. The van der Waals surface area contributed by atoms with Gasteiger partial charge in [0.15, 0.2) is 0 Å². The largest absolute Gasteiger partial charge is 0.468 e. The van der Waals surface area contributed by atoms with Crippen molar-refractivity contribution < 1.29 is 22.7 Å². The summed E-state index contributed by atoms with van der Waals surface area (Å²) in [6, 6.07) is -0.264. The van der Waals surface area contributed by atoms with Crippen LogP contribution < -0.4 is 5.32 Å². The summed E-state index contributed by atoms with van der Waals surface area (Å²) in [5.41, 5.74) is -0.839. The maximum absolute atomic E-state index is 12.4. The summed E-state index contributed by atoms with van der Waals surface area (Å²) in [6.45, 7) is 1.48. The highest BCUT2D eigenvalue weighted by Gasteiger charge is 2.47. The topological polar surface area (TPSA) is 41.6 Å². The molecule has 1 aliphatic carbocycles. The minimum absolute atomic E-state index is 0.264. The zero-order chi connectivity index (χ0) is 14.7. The Morgan fingerprint density at radius 1 is 1.53 bits per heavy atom. The fourth-order valence-electron chi connectivity index (χ4n) is 2.76. The molecule has 1 N–H and O–H groups in total. The predicted octanol–water partition coefficient (Wildman–Crippen LogP) is 1.55. The first-order chi connectivity index (χ1) is 8.74. The van der Waals surface area contributed by atoms with E-state index in [0.29, 0.717) is 25.8 Å². The second-order valence-electron chi connectivity index (χ2n) is 5.03. The molecule has 0 aromatic carbocycles. The molecule has 0 aromatic heterocycles. The van der Waals surface area contributed by atoms with Gasteiger partial charge in [-0.3, -0.25) is 9.69 Å². The summed E-state index contributed by atoms with van der Waals surface area (Å²) in [7, 11) is 2.74. The molecule has 2 atom stereocenters. The maximum Gasteiger partial charge on any atom is 0.401 e. The Labute approximate surface area is 111 Å². The first-order valence-electron chi connectivity index (χ1n) is 6.34. The molecule has 0 radical (unpaired) electrons. The van der Waals surface area contributed by atoms with E-state index in [1.807, 2.05) is 6.92 Å². The first kappa shape index (κ1) is 16.2. The van der Waals surface area contributed by atoms with Gasteiger partial charge < -0.3 is 10.1 Å². The molecule has 1 saturated carbocycles. The highest BCUT2D eigenvalue weighted by molar-refractivity contribution is 5.81. The van der Waals surface area contributed by atoms with Crippen molar-refractivity contribution in [2.75, 3.05) is 27.2 Å². The third-order valence-corrected chi connectivity index (χ3v) is 3.63. The van der Waals surface area contributed by atoms with Crippen molar-refractivity contribution in [3.63, 3.8) is 0 Å². The van der Waals surface area contributed by atoms with Crippen molar-refractivity contribution in [1.82, 2.24) is 10.2 Å². The van der Waals surface area contributed by atoms with Gasteiger partial charge in [-0.25, -0.2) is 0 Å². The van der Waals surface area contributed by atoms with Crippen LogP contribution in [0.4, 0.5) is 13.2 Å². The quantitative estimate of drug-likeness (QED) is 0.777. The van der Waals surface area contributed by atoms with Gasteiger partial charge in [0.05, 0.1) is 13.7 Å². The van der Waals surface area contributed by atoms with Gasteiger partial charge in [0.1, 0.15) is 5.54 Å². The van der Waals surface area contributed by atoms with Gasteiger partial charge in [0, 0.05) is 6.04 Å². The zero-order valence-corrected chi connectivity index (χ0v) is 11.5. The van der Waals surface area contributed by atoms with E-state index in [2.05, 4.69) is 5.32 Å². The number of carbonyl (C=O) groups excluding carboxylic acids is 1. The summed E-state index contributed by atoms with van der Waals surface area (Å²) in [6.07, 6.45) is -2.82. The fraction of sp³-hybridized carbons (Fsp3) is 0.917. The smallest absolute Gasteiger partial charge is 0.401 e. The average molecular weight is 282 g/mol. The Morgan fingerprint density at radius 3 is 2.63 bits per heavy atom. The fourth-order valence-corrected chi connectivity index (χ4v) is 2.76. The van der Waals surface area contributed by atoms with Gasteiger partial charge in [-0.1, -0.05) is 6.92 Å². The molecule has 0 bridgehead atoms. The Balaban J connectivity index is 2.71. The third-order valence-electron chi connectivity index (χ3n) is 3.63. The van der Waals surface area contributed by atoms with E-state index >= 15 is 0 Å². The monoisotopic (exact) mass is 282 g/mol. The van der Waals surface area contributed by atoms with Crippen LogP contribution in [0.3, 0.4) is 0 Å². The lowest BCUT2D eigenvalue weighted by Crippen LogP contribution is -2.52. The van der Waals surface area contributed by atoms with Gasteiger partial charge in [-0.15, -0.1) is 0 Å². The summed E-state index contributed by atoms with van der Waals surface area (Å²) < 4.78 is 41.9. The molecular weight excluding hydrogens is 261 g/mol. The molecule has 7 heteroatoms. The van der Waals surface area contributed by atoms with Gasteiger partial charge in [-0.2, -0.15) is 13.2 Å². The summed E-state index contributed by atoms with van der Waals surface area (Å²) in [5, 5.41) is 3.07. The Morgan fingerprint density at radius 2 is 2.16 bits per heavy atom. The molecule has 19 heavy (non-hydrogen) atoms. The summed E-state index contributed by atoms with van der Waals surface area (Å²) in [4.78, 5) is 13.1. The molecule has 1 aliphatic rings. The molecule has 0 aromatic rings. The molecule has 0 saturated heterocycles. The molecule has 1 rings (SSSR count). The van der Waals surface area contributed by atoms with Crippen LogP contribution in [0.25, 0.3) is 0 Å². The number of halogens is 3. The lowest BCUT2D eigenvalue weighted by Gasteiger charge is -2.30. The van der Waals surface area contributed by atoms with Crippen LogP contribution in [0.2, 0.25) is 0 Å². The number of ether oxygens (including phenoxy) is 1. The minimum atomic E-state index is -4.22. The van der Waals surface area contributed by atoms with E-state index in [1.165, 1.54) is 19.1 Å². The Hall–Kier alpha value is -0.820. The number of likely N-dealkylation sites (N-methyl/N-ethyl adjacent to an activating group) is 1. The van der Waals surface area contributed by atoms with E-state index in [0.717, 1.165) is 0 Å². The Bertz CT molecular complexity index is 323. The molecule has 4 nitrogen and oxygen atoms in total. The van der Waals surface area contributed by atoms with Crippen LogP contribution in [-0.2, 0) is 9.53 Å². The number of nitrogens with one attached hydrogen (secondary N) is 1. The van der Waals surface area contributed by atoms with Crippen molar-refractivity contribution in [3.8, 4) is 0 Å². The van der Waals surface area contributed by atoms with Crippen molar-refractivity contribution in [2.45, 2.75) is 43.9 Å². The van der Waals surface area contributed by atoms with Crippen molar-refractivity contribution in [3.05, 3.63) is 0 Å². The van der Waals surface area contributed by atoms with Gasteiger partial charge in [0.25, 0.3) is 0 Å². The van der Waals surface area contributed by atoms with Gasteiger partial charge in [-0.05, 0) is 32.9 Å². The number of carbonyl (C=O) groups is 1. The van der Waals surface area contributed by atoms with Crippen LogP contribution in [0.15, 0.2) is 0 Å². The predicted molar refractivity (Wildman–Crippen MR) is 64.7 cm³/mol. The highest BCUT2D eigenvalue weighted by Crippen LogP contribution is 2.34. The third kappa shape index (κ3) is 4.07. The summed E-state index contributed by atoms with van der Waals surface area (Å²) in [5.74, 6) is -0.391. The van der Waals surface area contributed by atoms with Crippen LogP contribution >= 0.6 is 0 Å². The number of alkyl halides is 3. The molecule has 0 heterocycles. The number of esters is 1. The standard InChI is InChI=1S/C12H21F3N2O2/c1-4-16-11(10(18)19-3)6-5-9(7-11)17(2)8-12(13,14)15/h9,16H,4-8H2,1-3H3. The van der Waals surface area contributed by atoms with E-state index in [1.54, 1.807) is 0 Å². The van der Waals surface area contributed by atoms with E-state index in [4.69, 9.17) is 4.74 Å². The van der Waals surface area contributed by atoms with Crippen LogP contribution in [0.1, 0.15) is 26.2 Å². The molecule has 0 amide bonds. The highest BCUT2D eigenvalue weighted by atomic mass is 19.4. The molecule has 0 spiro atoms. The number of rotatable bonds is 5. The lowest BCUT2D eigenvalue weighted by atomic mass is 9.97. The Kier molecular flexibility index (Phi) is 5.20.